The molecule has 18 heteroatoms. The molecule has 1 unspecified atom stereocenters. The first-order valence-electron chi connectivity index (χ1n) is 8.91. The molecule has 0 spiro atoms. The van der Waals surface area contributed by atoms with E-state index in [0.717, 1.165) is 23.8 Å². The van der Waals surface area contributed by atoms with Crippen molar-refractivity contribution in [2.45, 2.75) is 34.5 Å². The predicted molar refractivity (Wildman–Crippen MR) is 100 cm³/mol. The van der Waals surface area contributed by atoms with E-state index in [4.69, 9.17) is 9.47 Å². The number of tetrazole rings is 1. The van der Waals surface area contributed by atoms with Gasteiger partial charge in [-0.05, 0) is 17.2 Å². The maximum absolute atomic E-state index is 12.9. The third-order valence-corrected chi connectivity index (χ3v) is 6.46. The zero-order valence-corrected chi connectivity index (χ0v) is 21.0. The Hall–Kier alpha value is -1.34. The summed E-state index contributed by atoms with van der Waals surface area (Å²) >= 11 is 1.03. The molecule has 0 aromatic carbocycles. The van der Waals surface area contributed by atoms with Gasteiger partial charge in [0.1, 0.15) is 0 Å². The molecular formula is C15H17F2N6NaO7S2. The van der Waals surface area contributed by atoms with E-state index in [9.17, 15) is 33.4 Å². The maximum atomic E-state index is 12.9. The van der Waals surface area contributed by atoms with Crippen LogP contribution in [0.3, 0.4) is 0 Å². The van der Waals surface area contributed by atoms with Gasteiger partial charge in [0.15, 0.2) is 6.23 Å². The van der Waals surface area contributed by atoms with E-state index in [1.807, 2.05) is 0 Å². The number of thioether (sulfide) groups is 2. The quantitative estimate of drug-likeness (QED) is 0.110. The average molecular weight is 518 g/mol. The van der Waals surface area contributed by atoms with Gasteiger partial charge in [0.05, 0.1) is 24.0 Å². The fourth-order valence-electron chi connectivity index (χ4n) is 3.27. The van der Waals surface area contributed by atoms with E-state index >= 15 is 0 Å². The van der Waals surface area contributed by atoms with E-state index in [1.165, 1.54) is 0 Å². The van der Waals surface area contributed by atoms with Crippen molar-refractivity contribution in [1.29, 1.82) is 0 Å². The Labute approximate surface area is 215 Å². The number of hydrogen-bond donors (Lipinski definition) is 3. The third kappa shape index (κ3) is 5.67. The molecule has 0 aliphatic carbocycles. The number of rotatable bonds is 11. The standard InChI is InChI=1S/C15H18F2N6O7S2.Na/c1-29-15(18-8(25)5-31-13(16)17)11(28)23-9(10(26)27)6(4-30-12(15)23)7(2-3-24)32-14-19-21-22-20-14;/h7,12-13,24H,2-5H2,1H3,(H,18,25)(H,26,27)(H,19,20,21,22);/q;+1/p-1/t7?,12-,15+;/m1./s1. The van der Waals surface area contributed by atoms with Crippen LogP contribution in [0.2, 0.25) is 0 Å². The SMILES string of the molecule is CO[C@@]1(NC(=O)CSC(F)F)C(=O)N2C(C(=O)[O-])=C(C(CCO)Sc3nn[nH]n3)CO[C@@H]21.[Na+]. The Kier molecular flexibility index (Phi) is 10.0. The summed E-state index contributed by atoms with van der Waals surface area (Å²) in [6, 6.07) is 0. The normalized spacial score (nSPS) is 23.0. The molecule has 3 heterocycles. The van der Waals surface area contributed by atoms with Crippen molar-refractivity contribution < 1.29 is 72.4 Å². The number of ether oxygens (including phenoxy) is 2. The molecule has 0 saturated carbocycles. The molecule has 1 aromatic rings. The van der Waals surface area contributed by atoms with Crippen LogP contribution in [-0.2, 0) is 23.9 Å². The van der Waals surface area contributed by atoms with Gasteiger partial charge in [-0.1, -0.05) is 23.5 Å². The second-order valence-electron chi connectivity index (χ2n) is 6.37. The van der Waals surface area contributed by atoms with Gasteiger partial charge in [0.2, 0.25) is 11.1 Å². The fourth-order valence-corrected chi connectivity index (χ4v) is 4.60. The van der Waals surface area contributed by atoms with E-state index in [2.05, 4.69) is 25.9 Å². The number of aliphatic carboxylic acids is 1. The molecule has 2 aliphatic rings. The Morgan fingerprint density at radius 2 is 2.24 bits per heavy atom. The number of fused-ring (bicyclic) bond motifs is 1. The van der Waals surface area contributed by atoms with Crippen LogP contribution in [0.15, 0.2) is 16.4 Å². The molecule has 0 bridgehead atoms. The van der Waals surface area contributed by atoms with Crippen LogP contribution in [0.5, 0.6) is 0 Å². The van der Waals surface area contributed by atoms with Gasteiger partial charge in [0.25, 0.3) is 17.4 Å². The predicted octanol–water partition coefficient (Wildman–Crippen LogP) is -5.34. The van der Waals surface area contributed by atoms with Crippen molar-refractivity contribution in [3.05, 3.63) is 11.3 Å². The number of carboxylic acids is 1. The molecule has 13 nitrogen and oxygen atoms in total. The zero-order valence-electron chi connectivity index (χ0n) is 17.3. The number of nitrogens with one attached hydrogen (secondary N) is 2. The summed E-state index contributed by atoms with van der Waals surface area (Å²) in [6.45, 7) is -0.642. The van der Waals surface area contributed by atoms with Crippen molar-refractivity contribution in [3.8, 4) is 0 Å². The van der Waals surface area contributed by atoms with Crippen LogP contribution in [0, 0.1) is 0 Å². The second kappa shape index (κ2) is 11.9. The van der Waals surface area contributed by atoms with E-state index < -0.39 is 52.2 Å². The summed E-state index contributed by atoms with van der Waals surface area (Å²) in [7, 11) is 1.08. The number of carbonyl (C=O) groups is 3. The number of aromatic amines is 1. The number of aliphatic hydroxyl groups is 1. The first kappa shape index (κ1) is 27.9. The summed E-state index contributed by atoms with van der Waals surface area (Å²) < 4.78 is 35.4. The van der Waals surface area contributed by atoms with Crippen molar-refractivity contribution in [3.63, 3.8) is 0 Å². The van der Waals surface area contributed by atoms with Crippen molar-refractivity contribution in [2.75, 3.05) is 26.1 Å². The minimum atomic E-state index is -2.80. The van der Waals surface area contributed by atoms with Gasteiger partial charge in [-0.2, -0.15) is 14.0 Å². The zero-order chi connectivity index (χ0) is 23.5. The monoisotopic (exact) mass is 518 g/mol. The molecule has 3 N–H and O–H groups in total. The number of carboxylic acid groups (broad SMARTS) is 1. The van der Waals surface area contributed by atoms with Crippen LogP contribution in [0.1, 0.15) is 6.42 Å². The molecule has 2 amide bonds. The molecule has 176 valence electrons. The number of hydrogen-bond acceptors (Lipinski definition) is 12. The minimum Gasteiger partial charge on any atom is -0.543 e. The van der Waals surface area contributed by atoms with Gasteiger partial charge in [-0.3, -0.25) is 14.5 Å². The Bertz CT molecular complexity index is 911. The molecule has 0 radical (unpaired) electrons. The number of alkyl halides is 2. The number of β-lactam (4-membered cyclic amide) rings is 1. The Morgan fingerprint density at radius 1 is 1.52 bits per heavy atom. The fraction of sp³-hybridized carbons (Fsp3) is 0.600. The molecule has 3 rings (SSSR count). The number of nitrogens with zero attached hydrogens (tertiary/aromatic N) is 4. The Balaban J connectivity index is 0.00000385. The molecule has 1 saturated heterocycles. The number of aromatic nitrogens is 4. The number of carbonyl (C=O) groups excluding carboxylic acids is 3. The smallest absolute Gasteiger partial charge is 0.543 e. The van der Waals surface area contributed by atoms with Gasteiger partial charge < -0.3 is 29.8 Å². The molecule has 2 aliphatic heterocycles. The number of halogens is 2. The first-order chi connectivity index (χ1) is 15.2. The van der Waals surface area contributed by atoms with Crippen LogP contribution < -0.4 is 40.0 Å². The molecule has 1 aromatic heterocycles. The van der Waals surface area contributed by atoms with E-state index in [-0.39, 0.29) is 71.7 Å². The largest absolute Gasteiger partial charge is 1.00 e. The molecular weight excluding hydrogens is 501 g/mol. The van der Waals surface area contributed by atoms with E-state index in [1.54, 1.807) is 0 Å². The molecule has 1 fully saturated rings. The number of methoxy groups -OCH3 is 1. The van der Waals surface area contributed by atoms with Crippen molar-refractivity contribution in [2.24, 2.45) is 0 Å². The second-order valence-corrected chi connectivity index (χ2v) is 8.52. The summed E-state index contributed by atoms with van der Waals surface area (Å²) in [5.41, 5.74) is -2.48. The van der Waals surface area contributed by atoms with Crippen LogP contribution in [-0.4, -0.2) is 97.5 Å². The van der Waals surface area contributed by atoms with Crippen molar-refractivity contribution >= 4 is 41.3 Å². The minimum absolute atomic E-state index is 0. The van der Waals surface area contributed by atoms with Gasteiger partial charge in [-0.25, -0.2) is 0 Å². The van der Waals surface area contributed by atoms with Crippen molar-refractivity contribution in [1.82, 2.24) is 30.8 Å². The summed E-state index contributed by atoms with van der Waals surface area (Å²) in [4.78, 5) is 37.6. The van der Waals surface area contributed by atoms with Gasteiger partial charge >= 0.3 is 29.6 Å². The third-order valence-electron chi connectivity index (χ3n) is 4.59. The summed E-state index contributed by atoms with van der Waals surface area (Å²) in [5, 5.41) is 36.2. The average Bonchev–Trinajstić information content (AvgIpc) is 3.27. The number of amides is 2. The topological polar surface area (TPSA) is 183 Å². The molecule has 3 atom stereocenters. The summed E-state index contributed by atoms with van der Waals surface area (Å²) in [6.07, 6.45) is -1.31. The van der Waals surface area contributed by atoms with Gasteiger partial charge in [-0.15, -0.1) is 10.2 Å². The maximum Gasteiger partial charge on any atom is 1.00 e. The number of H-pyrrole nitrogens is 1. The number of aliphatic hydroxyl groups excluding tert-OH is 1. The Morgan fingerprint density at radius 3 is 2.79 bits per heavy atom. The van der Waals surface area contributed by atoms with Crippen LogP contribution in [0.25, 0.3) is 0 Å². The van der Waals surface area contributed by atoms with Crippen LogP contribution in [0.4, 0.5) is 8.78 Å². The van der Waals surface area contributed by atoms with Gasteiger partial charge in [0, 0.05) is 19.0 Å². The molecule has 33 heavy (non-hydrogen) atoms. The summed E-state index contributed by atoms with van der Waals surface area (Å²) in [5.74, 6) is -7.05. The van der Waals surface area contributed by atoms with Crippen LogP contribution >= 0.6 is 23.5 Å². The van der Waals surface area contributed by atoms with E-state index in [0.29, 0.717) is 0 Å². The first-order valence-corrected chi connectivity index (χ1v) is 10.8.